The highest BCUT2D eigenvalue weighted by molar-refractivity contribution is 5.90. The fraction of sp³-hybridized carbons (Fsp3) is 0.727. The molecule has 7 heteroatoms. The number of nitrogens with two attached hydrogens (primary N) is 1. The third-order valence-corrected chi connectivity index (χ3v) is 2.73. The molecule has 0 radical (unpaired) electrons. The molecule has 0 heterocycles. The molecule has 0 aliphatic rings. The van der Waals surface area contributed by atoms with Gasteiger partial charge in [0.15, 0.2) is 0 Å². The van der Waals surface area contributed by atoms with E-state index in [9.17, 15) is 14.4 Å². The number of carbonyl (C=O) groups excluding carboxylic acids is 2. The highest BCUT2D eigenvalue weighted by atomic mass is 16.4. The minimum absolute atomic E-state index is 0.0132. The van der Waals surface area contributed by atoms with Crippen molar-refractivity contribution in [1.82, 2.24) is 10.6 Å². The van der Waals surface area contributed by atoms with Gasteiger partial charge in [-0.1, -0.05) is 20.3 Å². The first-order valence-corrected chi connectivity index (χ1v) is 5.85. The van der Waals surface area contributed by atoms with Gasteiger partial charge >= 0.3 is 5.97 Å². The lowest BCUT2D eigenvalue weighted by Gasteiger charge is -2.20. The van der Waals surface area contributed by atoms with Crippen LogP contribution in [0.1, 0.15) is 27.2 Å². The van der Waals surface area contributed by atoms with Crippen LogP contribution in [0.5, 0.6) is 0 Å². The summed E-state index contributed by atoms with van der Waals surface area (Å²) in [4.78, 5) is 33.3. The van der Waals surface area contributed by atoms with Crippen molar-refractivity contribution in [3.63, 3.8) is 0 Å². The van der Waals surface area contributed by atoms with Crippen molar-refractivity contribution in [2.24, 2.45) is 11.7 Å². The predicted molar refractivity (Wildman–Crippen MR) is 65.7 cm³/mol. The Morgan fingerprint density at radius 2 is 1.78 bits per heavy atom. The van der Waals surface area contributed by atoms with Crippen molar-refractivity contribution < 1.29 is 19.5 Å². The van der Waals surface area contributed by atoms with E-state index < -0.39 is 36.4 Å². The Morgan fingerprint density at radius 3 is 2.22 bits per heavy atom. The molecule has 0 aliphatic heterocycles. The minimum Gasteiger partial charge on any atom is -0.480 e. The molecule has 0 rings (SSSR count). The van der Waals surface area contributed by atoms with Crippen LogP contribution in [0.3, 0.4) is 0 Å². The molecule has 0 aromatic carbocycles. The molecule has 0 aliphatic carbocycles. The van der Waals surface area contributed by atoms with Crippen molar-refractivity contribution in [2.75, 3.05) is 6.54 Å². The SMILES string of the molecule is CCC(C)C(N)C(=O)NC(C)C(=O)NCC(=O)O. The van der Waals surface area contributed by atoms with Crippen LogP contribution in [0.25, 0.3) is 0 Å². The first-order chi connectivity index (χ1) is 8.29. The average Bonchev–Trinajstić information content (AvgIpc) is 2.33. The maximum atomic E-state index is 11.7. The second kappa shape index (κ2) is 7.65. The van der Waals surface area contributed by atoms with Crippen LogP contribution < -0.4 is 16.4 Å². The fourth-order valence-electron chi connectivity index (χ4n) is 1.20. The van der Waals surface area contributed by atoms with E-state index >= 15 is 0 Å². The van der Waals surface area contributed by atoms with Gasteiger partial charge in [-0.25, -0.2) is 0 Å². The molecule has 18 heavy (non-hydrogen) atoms. The summed E-state index contributed by atoms with van der Waals surface area (Å²) >= 11 is 0. The lowest BCUT2D eigenvalue weighted by Crippen LogP contribution is -2.52. The van der Waals surface area contributed by atoms with Crippen LogP contribution in [0, 0.1) is 5.92 Å². The number of carbonyl (C=O) groups is 3. The van der Waals surface area contributed by atoms with Gasteiger partial charge in [0.05, 0.1) is 6.04 Å². The van der Waals surface area contributed by atoms with Gasteiger partial charge in [0.1, 0.15) is 12.6 Å². The van der Waals surface area contributed by atoms with Crippen LogP contribution in [0.15, 0.2) is 0 Å². The van der Waals surface area contributed by atoms with Gasteiger partial charge < -0.3 is 21.5 Å². The topological polar surface area (TPSA) is 122 Å². The summed E-state index contributed by atoms with van der Waals surface area (Å²) in [5.41, 5.74) is 5.70. The van der Waals surface area contributed by atoms with E-state index in [1.807, 2.05) is 13.8 Å². The number of hydrogen-bond acceptors (Lipinski definition) is 4. The molecule has 7 nitrogen and oxygen atoms in total. The Balaban J connectivity index is 4.21. The third kappa shape index (κ3) is 5.62. The summed E-state index contributed by atoms with van der Waals surface area (Å²) in [5.74, 6) is -2.10. The quantitative estimate of drug-likeness (QED) is 0.470. The zero-order chi connectivity index (χ0) is 14.3. The molecule has 2 amide bonds. The Kier molecular flexibility index (Phi) is 6.96. The van der Waals surface area contributed by atoms with Gasteiger partial charge in [0, 0.05) is 0 Å². The maximum Gasteiger partial charge on any atom is 0.322 e. The summed E-state index contributed by atoms with van der Waals surface area (Å²) in [6.45, 7) is 4.76. The normalized spacial score (nSPS) is 15.3. The monoisotopic (exact) mass is 259 g/mol. The summed E-state index contributed by atoms with van der Waals surface area (Å²) in [5, 5.41) is 13.0. The van der Waals surface area contributed by atoms with E-state index in [1.54, 1.807) is 0 Å². The minimum atomic E-state index is -1.14. The Hall–Kier alpha value is -1.63. The predicted octanol–water partition coefficient (Wildman–Crippen LogP) is -0.935. The number of rotatable bonds is 7. The highest BCUT2D eigenvalue weighted by Gasteiger charge is 2.23. The summed E-state index contributed by atoms with van der Waals surface area (Å²) in [6, 6.07) is -1.49. The van der Waals surface area contributed by atoms with Crippen molar-refractivity contribution in [3.05, 3.63) is 0 Å². The van der Waals surface area contributed by atoms with Gasteiger partial charge in [-0.3, -0.25) is 14.4 Å². The van der Waals surface area contributed by atoms with Crippen molar-refractivity contribution in [3.8, 4) is 0 Å². The molecule has 0 bridgehead atoms. The van der Waals surface area contributed by atoms with Gasteiger partial charge in [-0.2, -0.15) is 0 Å². The molecule has 104 valence electrons. The molecular formula is C11H21N3O4. The second-order valence-electron chi connectivity index (χ2n) is 4.25. The zero-order valence-corrected chi connectivity index (χ0v) is 10.9. The molecule has 3 atom stereocenters. The van der Waals surface area contributed by atoms with Crippen LogP contribution in [0.2, 0.25) is 0 Å². The third-order valence-electron chi connectivity index (χ3n) is 2.73. The van der Waals surface area contributed by atoms with Gasteiger partial charge in [-0.15, -0.1) is 0 Å². The Labute approximate surface area is 106 Å². The van der Waals surface area contributed by atoms with E-state index in [-0.39, 0.29) is 5.92 Å². The maximum absolute atomic E-state index is 11.7. The van der Waals surface area contributed by atoms with Crippen LogP contribution in [-0.4, -0.2) is 41.5 Å². The lowest BCUT2D eigenvalue weighted by molar-refractivity contribution is -0.138. The van der Waals surface area contributed by atoms with Gasteiger partial charge in [0.25, 0.3) is 0 Å². The molecule has 0 saturated carbocycles. The first-order valence-electron chi connectivity index (χ1n) is 5.85. The van der Waals surface area contributed by atoms with Gasteiger partial charge in [-0.05, 0) is 12.8 Å². The largest absolute Gasteiger partial charge is 0.480 e. The molecule has 0 aromatic heterocycles. The van der Waals surface area contributed by atoms with E-state index in [2.05, 4.69) is 10.6 Å². The average molecular weight is 259 g/mol. The number of amides is 2. The van der Waals surface area contributed by atoms with Crippen molar-refractivity contribution >= 4 is 17.8 Å². The van der Waals surface area contributed by atoms with Crippen molar-refractivity contribution in [2.45, 2.75) is 39.3 Å². The zero-order valence-electron chi connectivity index (χ0n) is 10.9. The molecule has 3 unspecified atom stereocenters. The Bertz CT molecular complexity index is 319. The highest BCUT2D eigenvalue weighted by Crippen LogP contribution is 2.05. The van der Waals surface area contributed by atoms with Crippen LogP contribution in [0.4, 0.5) is 0 Å². The molecular weight excluding hydrogens is 238 g/mol. The smallest absolute Gasteiger partial charge is 0.322 e. The van der Waals surface area contributed by atoms with E-state index in [4.69, 9.17) is 10.8 Å². The summed E-state index contributed by atoms with van der Waals surface area (Å²) < 4.78 is 0. The number of aliphatic carboxylic acids is 1. The van der Waals surface area contributed by atoms with Gasteiger partial charge in [0.2, 0.25) is 11.8 Å². The van der Waals surface area contributed by atoms with E-state index in [0.29, 0.717) is 0 Å². The lowest BCUT2D eigenvalue weighted by atomic mass is 9.99. The molecule has 0 saturated heterocycles. The number of carboxylic acid groups (broad SMARTS) is 1. The number of nitrogens with one attached hydrogen (secondary N) is 2. The van der Waals surface area contributed by atoms with E-state index in [1.165, 1.54) is 6.92 Å². The van der Waals surface area contributed by atoms with E-state index in [0.717, 1.165) is 6.42 Å². The Morgan fingerprint density at radius 1 is 1.22 bits per heavy atom. The standard InChI is InChI=1S/C11H21N3O4/c1-4-6(2)9(12)11(18)14-7(3)10(17)13-5-8(15)16/h6-7,9H,4-5,12H2,1-3H3,(H,13,17)(H,14,18)(H,15,16). The van der Waals surface area contributed by atoms with Crippen LogP contribution >= 0.6 is 0 Å². The summed E-state index contributed by atoms with van der Waals surface area (Å²) in [7, 11) is 0. The van der Waals surface area contributed by atoms with Crippen LogP contribution in [-0.2, 0) is 14.4 Å². The second-order valence-corrected chi connectivity index (χ2v) is 4.25. The number of carboxylic acids is 1. The molecule has 0 fully saturated rings. The first kappa shape index (κ1) is 16.4. The number of hydrogen-bond donors (Lipinski definition) is 4. The molecule has 0 aromatic rings. The van der Waals surface area contributed by atoms with Crippen molar-refractivity contribution in [1.29, 1.82) is 0 Å². The summed E-state index contributed by atoms with van der Waals surface area (Å²) in [6.07, 6.45) is 0.758. The molecule has 5 N–H and O–H groups in total. The fourth-order valence-corrected chi connectivity index (χ4v) is 1.20. The molecule has 0 spiro atoms.